The molecule has 2 heteroatoms. The van der Waals surface area contributed by atoms with Crippen LogP contribution < -0.4 is 0 Å². The van der Waals surface area contributed by atoms with Gasteiger partial charge in [0.05, 0.1) is 5.60 Å². The van der Waals surface area contributed by atoms with Crippen molar-refractivity contribution in [3.8, 4) is 0 Å². The minimum atomic E-state index is -1.40. The van der Waals surface area contributed by atoms with E-state index in [-0.39, 0.29) is 5.60 Å². The molecule has 0 aromatic carbocycles. The van der Waals surface area contributed by atoms with Crippen molar-refractivity contribution in [3.63, 3.8) is 0 Å². The standard InChI is InChI=1S/C14H32OSi/c1-7-9-11-13-14(3,12-10-8-2)15-16(4,5)6/h7-13H2,1-6H3. The summed E-state index contributed by atoms with van der Waals surface area (Å²) in [4.78, 5) is 0. The first-order valence-corrected chi connectivity index (χ1v) is 10.4. The minimum Gasteiger partial charge on any atom is -0.412 e. The van der Waals surface area contributed by atoms with Crippen molar-refractivity contribution >= 4 is 8.32 Å². The predicted octanol–water partition coefficient (Wildman–Crippen LogP) is 5.37. The summed E-state index contributed by atoms with van der Waals surface area (Å²) in [5.74, 6) is 0. The third-order valence-corrected chi connectivity index (χ3v) is 4.03. The van der Waals surface area contributed by atoms with Gasteiger partial charge in [-0.15, -0.1) is 0 Å². The molecule has 1 unspecified atom stereocenters. The van der Waals surface area contributed by atoms with Crippen molar-refractivity contribution in [1.29, 1.82) is 0 Å². The van der Waals surface area contributed by atoms with E-state index >= 15 is 0 Å². The molecule has 1 nitrogen and oxygen atoms in total. The van der Waals surface area contributed by atoms with Crippen LogP contribution in [0.4, 0.5) is 0 Å². The van der Waals surface area contributed by atoms with Crippen LogP contribution in [-0.2, 0) is 4.43 Å². The first-order chi connectivity index (χ1) is 7.33. The van der Waals surface area contributed by atoms with Crippen molar-refractivity contribution in [2.24, 2.45) is 0 Å². The zero-order chi connectivity index (χ0) is 12.7. The Hall–Kier alpha value is 0.177. The van der Waals surface area contributed by atoms with Crippen LogP contribution in [0.25, 0.3) is 0 Å². The average molecular weight is 244 g/mol. The molecule has 0 aromatic heterocycles. The van der Waals surface area contributed by atoms with Crippen LogP contribution in [-0.4, -0.2) is 13.9 Å². The highest BCUT2D eigenvalue weighted by atomic mass is 28.4. The van der Waals surface area contributed by atoms with Gasteiger partial charge in [-0.1, -0.05) is 46.0 Å². The van der Waals surface area contributed by atoms with E-state index < -0.39 is 8.32 Å². The van der Waals surface area contributed by atoms with Crippen molar-refractivity contribution < 1.29 is 4.43 Å². The second kappa shape index (κ2) is 7.49. The lowest BCUT2D eigenvalue weighted by molar-refractivity contribution is 0.0566. The summed E-state index contributed by atoms with van der Waals surface area (Å²) >= 11 is 0. The van der Waals surface area contributed by atoms with Crippen molar-refractivity contribution in [2.45, 2.75) is 91.0 Å². The third kappa shape index (κ3) is 8.34. The first kappa shape index (κ1) is 16.2. The molecule has 0 heterocycles. The van der Waals surface area contributed by atoms with Crippen molar-refractivity contribution in [2.75, 3.05) is 0 Å². The Bertz CT molecular complexity index is 174. The molecule has 0 radical (unpaired) electrons. The van der Waals surface area contributed by atoms with Crippen LogP contribution in [0.1, 0.15) is 65.7 Å². The van der Waals surface area contributed by atoms with Gasteiger partial charge in [0.25, 0.3) is 0 Å². The summed E-state index contributed by atoms with van der Waals surface area (Å²) in [6.07, 6.45) is 9.02. The topological polar surface area (TPSA) is 9.23 Å². The van der Waals surface area contributed by atoms with Crippen molar-refractivity contribution in [1.82, 2.24) is 0 Å². The molecule has 0 amide bonds. The van der Waals surface area contributed by atoms with Crippen LogP contribution >= 0.6 is 0 Å². The van der Waals surface area contributed by atoms with Gasteiger partial charge in [0.1, 0.15) is 0 Å². The van der Waals surface area contributed by atoms with Crippen LogP contribution in [0.2, 0.25) is 19.6 Å². The largest absolute Gasteiger partial charge is 0.412 e. The Labute approximate surface area is 104 Å². The van der Waals surface area contributed by atoms with Gasteiger partial charge in [0, 0.05) is 0 Å². The molecule has 0 saturated carbocycles. The fraction of sp³-hybridized carbons (Fsp3) is 1.00. The molecule has 1 atom stereocenters. The predicted molar refractivity (Wildman–Crippen MR) is 76.5 cm³/mol. The first-order valence-electron chi connectivity index (χ1n) is 7.03. The van der Waals surface area contributed by atoms with Gasteiger partial charge in [-0.2, -0.15) is 0 Å². The Morgan fingerprint density at radius 2 is 1.38 bits per heavy atom. The molecule has 0 rings (SSSR count). The number of unbranched alkanes of at least 4 members (excludes halogenated alkanes) is 3. The molecule has 16 heavy (non-hydrogen) atoms. The van der Waals surface area contributed by atoms with Crippen LogP contribution in [0, 0.1) is 0 Å². The second-order valence-corrected chi connectivity index (χ2v) is 10.7. The molecule has 98 valence electrons. The van der Waals surface area contributed by atoms with Crippen LogP contribution in [0.3, 0.4) is 0 Å². The van der Waals surface area contributed by atoms with Gasteiger partial charge < -0.3 is 4.43 Å². The Morgan fingerprint density at radius 1 is 0.875 bits per heavy atom. The average Bonchev–Trinajstić information content (AvgIpc) is 2.12. The van der Waals surface area contributed by atoms with Crippen LogP contribution in [0.15, 0.2) is 0 Å². The zero-order valence-electron chi connectivity index (χ0n) is 12.4. The van der Waals surface area contributed by atoms with E-state index in [4.69, 9.17) is 4.43 Å². The highest BCUT2D eigenvalue weighted by Crippen LogP contribution is 2.29. The van der Waals surface area contributed by atoms with E-state index in [1.54, 1.807) is 0 Å². The molecule has 0 spiro atoms. The molecule has 0 N–H and O–H groups in total. The lowest BCUT2D eigenvalue weighted by Gasteiger charge is -2.36. The van der Waals surface area contributed by atoms with Gasteiger partial charge in [-0.3, -0.25) is 0 Å². The molecule has 0 aliphatic heterocycles. The molecule has 0 fully saturated rings. The summed E-state index contributed by atoms with van der Waals surface area (Å²) in [5, 5.41) is 0. The zero-order valence-corrected chi connectivity index (χ0v) is 13.4. The lowest BCUT2D eigenvalue weighted by atomic mass is 9.93. The van der Waals surface area contributed by atoms with E-state index in [0.717, 1.165) is 0 Å². The van der Waals surface area contributed by atoms with Gasteiger partial charge >= 0.3 is 0 Å². The summed E-state index contributed by atoms with van der Waals surface area (Å²) in [5.41, 5.74) is 0.148. The molecule has 0 saturated heterocycles. The quantitative estimate of drug-likeness (QED) is 0.391. The second-order valence-electron chi connectivity index (χ2n) is 6.23. The monoisotopic (exact) mass is 244 g/mol. The van der Waals surface area contributed by atoms with E-state index in [1.807, 2.05) is 0 Å². The molecular weight excluding hydrogens is 212 g/mol. The molecular formula is C14H32OSi. The maximum absolute atomic E-state index is 6.41. The van der Waals surface area contributed by atoms with E-state index in [2.05, 4.69) is 40.4 Å². The molecule has 0 aliphatic rings. The van der Waals surface area contributed by atoms with Gasteiger partial charge in [-0.05, 0) is 39.4 Å². The number of rotatable bonds is 9. The smallest absolute Gasteiger partial charge is 0.184 e. The van der Waals surface area contributed by atoms with Gasteiger partial charge in [-0.25, -0.2) is 0 Å². The minimum absolute atomic E-state index is 0.148. The normalized spacial score (nSPS) is 16.1. The number of hydrogen-bond donors (Lipinski definition) is 0. The highest BCUT2D eigenvalue weighted by Gasteiger charge is 2.30. The molecule has 0 aromatic rings. The third-order valence-electron chi connectivity index (χ3n) is 2.92. The van der Waals surface area contributed by atoms with Gasteiger partial charge in [0.2, 0.25) is 0 Å². The molecule has 0 bridgehead atoms. The summed E-state index contributed by atoms with van der Waals surface area (Å²) in [6, 6.07) is 0. The lowest BCUT2D eigenvalue weighted by Crippen LogP contribution is -2.40. The Morgan fingerprint density at radius 3 is 1.81 bits per heavy atom. The fourth-order valence-electron chi connectivity index (χ4n) is 2.27. The Kier molecular flexibility index (Phi) is 7.58. The fourth-order valence-corrected chi connectivity index (χ4v) is 3.95. The Balaban J connectivity index is 4.24. The van der Waals surface area contributed by atoms with E-state index in [1.165, 1.54) is 44.9 Å². The maximum atomic E-state index is 6.41. The summed E-state index contributed by atoms with van der Waals surface area (Å²) in [7, 11) is -1.40. The SMILES string of the molecule is CCCCCC(C)(CCCC)O[Si](C)(C)C. The van der Waals surface area contributed by atoms with E-state index in [9.17, 15) is 0 Å². The molecule has 0 aliphatic carbocycles. The summed E-state index contributed by atoms with van der Waals surface area (Å²) < 4.78 is 6.41. The van der Waals surface area contributed by atoms with E-state index in [0.29, 0.717) is 0 Å². The highest BCUT2D eigenvalue weighted by molar-refractivity contribution is 6.69. The maximum Gasteiger partial charge on any atom is 0.184 e. The summed E-state index contributed by atoms with van der Waals surface area (Å²) in [6.45, 7) is 13.8. The number of hydrogen-bond acceptors (Lipinski definition) is 1. The van der Waals surface area contributed by atoms with Gasteiger partial charge in [0.15, 0.2) is 8.32 Å². The van der Waals surface area contributed by atoms with Crippen molar-refractivity contribution in [3.05, 3.63) is 0 Å². The van der Waals surface area contributed by atoms with Crippen LogP contribution in [0.5, 0.6) is 0 Å².